The van der Waals surface area contributed by atoms with Gasteiger partial charge in [-0.3, -0.25) is 0 Å². The molecule has 0 saturated heterocycles. The van der Waals surface area contributed by atoms with E-state index in [1.807, 2.05) is 72.0 Å². The van der Waals surface area contributed by atoms with E-state index in [9.17, 15) is 0 Å². The van der Waals surface area contributed by atoms with Gasteiger partial charge in [-0.25, -0.2) is 4.76 Å². The van der Waals surface area contributed by atoms with Crippen molar-refractivity contribution in [1.29, 1.82) is 0 Å². The number of hydrogen-bond acceptors (Lipinski definition) is 4. The lowest BCUT2D eigenvalue weighted by Gasteiger charge is -2.12. The molecule has 61 heavy (non-hydrogen) atoms. The molecule has 2 aromatic heterocycles. The molecular weight excluding hydrogens is 782 g/mol. The fourth-order valence-corrected chi connectivity index (χ4v) is 10.7. The summed E-state index contributed by atoms with van der Waals surface area (Å²) in [5.41, 5.74) is 7.85. The molecule has 0 radical (unpaired) electrons. The van der Waals surface area contributed by atoms with Crippen molar-refractivity contribution in [2.75, 3.05) is 0 Å². The lowest BCUT2D eigenvalue weighted by molar-refractivity contribution is 0.669. The molecule has 286 valence electrons. The number of para-hydroxylation sites is 1. The zero-order chi connectivity index (χ0) is 40.3. The molecule has 0 fully saturated rings. The van der Waals surface area contributed by atoms with Crippen LogP contribution in [0.15, 0.2) is 220 Å². The van der Waals surface area contributed by atoms with Crippen molar-refractivity contribution in [3.8, 4) is 22.3 Å². The van der Waals surface area contributed by atoms with Gasteiger partial charge >= 0.3 is 0 Å². The number of rotatable bonds is 6. The Morgan fingerprint density at radius 3 is 1.77 bits per heavy atom. The smallest absolute Gasteiger partial charge is 0.180 e. The molecule has 0 spiro atoms. The number of hydrogen-bond donors (Lipinski definition) is 0. The molecule has 0 saturated carbocycles. The van der Waals surface area contributed by atoms with E-state index in [0.717, 1.165) is 49.6 Å². The van der Waals surface area contributed by atoms with Crippen LogP contribution >= 0.6 is 20.1 Å². The van der Waals surface area contributed by atoms with Gasteiger partial charge in [0.2, 0.25) is 0 Å². The largest absolute Gasteiger partial charge is 0.456 e. The first-order valence-corrected chi connectivity index (χ1v) is 22.1. The van der Waals surface area contributed by atoms with Gasteiger partial charge in [-0.05, 0) is 114 Å². The highest BCUT2D eigenvalue weighted by atomic mass is 32.1. The van der Waals surface area contributed by atoms with Crippen LogP contribution in [0.5, 0.6) is 0 Å². The van der Waals surface area contributed by atoms with Crippen LogP contribution in [0, 0.1) is 0 Å². The Balaban J connectivity index is 0.993. The summed E-state index contributed by atoms with van der Waals surface area (Å²) in [5, 5.41) is 22.9. The van der Waals surface area contributed by atoms with E-state index in [1.165, 1.54) is 63.6 Å². The minimum absolute atomic E-state index is 0.168. The lowest BCUT2D eigenvalue weighted by Crippen LogP contribution is -1.98. The summed E-state index contributed by atoms with van der Waals surface area (Å²) in [6.45, 7) is 0. The van der Waals surface area contributed by atoms with Crippen LogP contribution < -0.4 is 5.30 Å². The Kier molecular flexibility index (Phi) is 8.62. The van der Waals surface area contributed by atoms with Crippen LogP contribution in [0.25, 0.3) is 96.7 Å². The maximum absolute atomic E-state index is 6.58. The standard InChI is InChI=1S/C55H34N3OPS/c1-3-13-38(14-4-1)56-57-55(58-60-39-15-5-2-6-16-39)37-31-47(54-46-21-11-12-22-50(46)59-51(54)32-37)36-25-28-52-49(30-36)45-27-24-35(33-53(45)61-52)34-23-26-44-42-19-8-7-17-40(42)41-18-9-10-20-43(41)48(44)29-34/h1-33,60H. The number of fused-ring (bicyclic) bond motifs is 12. The predicted octanol–water partition coefficient (Wildman–Crippen LogP) is 16.2. The van der Waals surface area contributed by atoms with E-state index < -0.39 is 0 Å². The third kappa shape index (κ3) is 6.29. The molecule has 12 rings (SSSR count). The first kappa shape index (κ1) is 35.6. The first-order valence-electron chi connectivity index (χ1n) is 20.3. The van der Waals surface area contributed by atoms with Crippen LogP contribution in [0.4, 0.5) is 5.69 Å². The van der Waals surface area contributed by atoms with E-state index in [1.54, 1.807) is 0 Å². The van der Waals surface area contributed by atoms with E-state index >= 15 is 0 Å². The highest BCUT2D eigenvalue weighted by molar-refractivity contribution is 7.46. The second-order valence-electron chi connectivity index (χ2n) is 15.3. The number of furan rings is 1. The molecule has 0 aliphatic heterocycles. The van der Waals surface area contributed by atoms with Crippen molar-refractivity contribution >= 4 is 111 Å². The first-order chi connectivity index (χ1) is 30.2. The number of amidine groups is 1. The van der Waals surface area contributed by atoms with Gasteiger partial charge in [0.05, 0.1) is 5.69 Å². The van der Waals surface area contributed by atoms with Crippen LogP contribution in [-0.2, 0) is 0 Å². The summed E-state index contributed by atoms with van der Waals surface area (Å²) in [5.74, 6) is 0.555. The Bertz CT molecular complexity index is 3700. The van der Waals surface area contributed by atoms with Crippen molar-refractivity contribution in [2.45, 2.75) is 0 Å². The average molecular weight is 816 g/mol. The summed E-state index contributed by atoms with van der Waals surface area (Å²) in [6, 6.07) is 70.9. The van der Waals surface area contributed by atoms with Crippen molar-refractivity contribution in [3.63, 3.8) is 0 Å². The molecule has 2 heterocycles. The number of nitrogens with zero attached hydrogens (tertiary/aromatic N) is 3. The van der Waals surface area contributed by atoms with Crippen molar-refractivity contribution in [2.24, 2.45) is 15.0 Å². The molecule has 6 heteroatoms. The van der Waals surface area contributed by atoms with Crippen LogP contribution in [0.1, 0.15) is 5.56 Å². The molecule has 0 aliphatic rings. The third-order valence-electron chi connectivity index (χ3n) is 11.7. The van der Waals surface area contributed by atoms with Crippen LogP contribution in [0.3, 0.4) is 0 Å². The average Bonchev–Trinajstić information content (AvgIpc) is 3.89. The predicted molar refractivity (Wildman–Crippen MR) is 262 cm³/mol. The lowest BCUT2D eigenvalue weighted by atomic mass is 9.92. The summed E-state index contributed by atoms with van der Waals surface area (Å²) < 4.78 is 14.2. The Hall–Kier alpha value is -7.30. The van der Waals surface area contributed by atoms with Crippen molar-refractivity contribution < 1.29 is 4.42 Å². The molecule has 4 nitrogen and oxygen atoms in total. The molecule has 1 atom stereocenters. The molecular formula is C55H34N3OPS. The summed E-state index contributed by atoms with van der Waals surface area (Å²) in [7, 11) is 0.168. The maximum Gasteiger partial charge on any atom is 0.180 e. The fourth-order valence-electron chi connectivity index (χ4n) is 8.80. The van der Waals surface area contributed by atoms with E-state index in [4.69, 9.17) is 14.3 Å². The third-order valence-corrected chi connectivity index (χ3v) is 13.7. The van der Waals surface area contributed by atoms with Gasteiger partial charge in [0, 0.05) is 45.2 Å². The van der Waals surface area contributed by atoms with Crippen LogP contribution in [-0.4, -0.2) is 5.84 Å². The topological polar surface area (TPSA) is 50.2 Å². The highest BCUT2D eigenvalue weighted by Crippen LogP contribution is 2.43. The molecule has 0 aliphatic carbocycles. The number of thiophene rings is 1. The summed E-state index contributed by atoms with van der Waals surface area (Å²) >= 11 is 1.84. The monoisotopic (exact) mass is 815 g/mol. The minimum Gasteiger partial charge on any atom is -0.456 e. The SMILES string of the molecule is c1ccc(N=NC(=NPc2ccccc2)c2cc(-c3ccc4sc5cc(-c6ccc7c8ccccc8c8ccccc8c7c6)ccc5c4c3)c3c(c2)oc2ccccc23)cc1. The van der Waals surface area contributed by atoms with E-state index in [-0.39, 0.29) is 8.73 Å². The normalized spacial score (nSPS) is 12.6. The van der Waals surface area contributed by atoms with Gasteiger partial charge in [-0.2, -0.15) is 0 Å². The molecule has 0 N–H and O–H groups in total. The Morgan fingerprint density at radius 1 is 0.426 bits per heavy atom. The second-order valence-corrected chi connectivity index (χ2v) is 17.4. The molecule has 0 amide bonds. The Morgan fingerprint density at radius 2 is 1.02 bits per heavy atom. The second kappa shape index (κ2) is 14.8. The molecule has 1 unspecified atom stereocenters. The van der Waals surface area contributed by atoms with Gasteiger partial charge in [0.25, 0.3) is 0 Å². The Labute approximate surface area is 357 Å². The zero-order valence-electron chi connectivity index (χ0n) is 32.7. The van der Waals surface area contributed by atoms with Gasteiger partial charge in [-0.15, -0.1) is 21.6 Å². The molecule has 10 aromatic carbocycles. The summed E-state index contributed by atoms with van der Waals surface area (Å²) in [4.78, 5) is 0. The molecule has 12 aromatic rings. The number of azo groups is 1. The van der Waals surface area contributed by atoms with Gasteiger partial charge in [0.1, 0.15) is 11.2 Å². The maximum atomic E-state index is 6.58. The van der Waals surface area contributed by atoms with E-state index in [0.29, 0.717) is 5.84 Å². The zero-order valence-corrected chi connectivity index (χ0v) is 34.5. The highest BCUT2D eigenvalue weighted by Gasteiger charge is 2.19. The fraction of sp³-hybridized carbons (Fsp3) is 0. The van der Waals surface area contributed by atoms with Gasteiger partial charge < -0.3 is 4.42 Å². The molecule has 0 bridgehead atoms. The van der Waals surface area contributed by atoms with Gasteiger partial charge in [-0.1, -0.05) is 146 Å². The van der Waals surface area contributed by atoms with Gasteiger partial charge in [0.15, 0.2) is 5.84 Å². The van der Waals surface area contributed by atoms with Crippen molar-refractivity contribution in [1.82, 2.24) is 0 Å². The van der Waals surface area contributed by atoms with Crippen molar-refractivity contribution in [3.05, 3.63) is 206 Å². The number of benzene rings is 10. The quantitative estimate of drug-likeness (QED) is 0.0542. The van der Waals surface area contributed by atoms with Crippen LogP contribution in [0.2, 0.25) is 0 Å². The minimum atomic E-state index is 0.168. The van der Waals surface area contributed by atoms with E-state index in [2.05, 4.69) is 145 Å². The summed E-state index contributed by atoms with van der Waals surface area (Å²) in [6.07, 6.45) is 0.